The Bertz CT molecular complexity index is 963. The third kappa shape index (κ3) is 3.87. The summed E-state index contributed by atoms with van der Waals surface area (Å²) in [5, 5.41) is 14.0. The minimum absolute atomic E-state index is 0.0805. The fourth-order valence-corrected chi connectivity index (χ4v) is 6.64. The molecule has 1 aliphatic carbocycles. The summed E-state index contributed by atoms with van der Waals surface area (Å²) in [4.78, 5) is 28.3. The molecule has 1 aromatic heterocycles. The van der Waals surface area contributed by atoms with Crippen LogP contribution in [0.3, 0.4) is 0 Å². The molecule has 0 bridgehead atoms. The smallest absolute Gasteiger partial charge is 0.315 e. The van der Waals surface area contributed by atoms with Crippen LogP contribution in [0, 0.1) is 11.8 Å². The lowest BCUT2D eigenvalue weighted by Gasteiger charge is -2.41. The number of likely N-dealkylation sites (tertiary alicyclic amines) is 1. The molecule has 5 rings (SSSR count). The molecule has 2 aliphatic heterocycles. The normalized spacial score (nSPS) is 28.9. The number of rotatable bonds is 4. The Labute approximate surface area is 193 Å². The first-order valence-electron chi connectivity index (χ1n) is 11.9. The topological polar surface area (TPSA) is 73.5 Å². The van der Waals surface area contributed by atoms with Crippen molar-refractivity contribution in [2.24, 2.45) is 11.8 Å². The van der Waals surface area contributed by atoms with Gasteiger partial charge in [0, 0.05) is 30.7 Å². The predicted octanol–water partition coefficient (Wildman–Crippen LogP) is 4.68. The molecule has 5 atom stereocenters. The van der Waals surface area contributed by atoms with Gasteiger partial charge in [0.1, 0.15) is 0 Å². The Morgan fingerprint density at radius 1 is 1.16 bits per heavy atom. The lowest BCUT2D eigenvalue weighted by molar-refractivity contribution is -0.138. The van der Waals surface area contributed by atoms with Gasteiger partial charge in [-0.25, -0.2) is 4.79 Å². The second-order valence-electron chi connectivity index (χ2n) is 9.20. The van der Waals surface area contributed by atoms with E-state index in [9.17, 15) is 9.59 Å². The van der Waals surface area contributed by atoms with E-state index in [0.717, 1.165) is 44.3 Å². The fourth-order valence-electron chi connectivity index (χ4n) is 5.95. The third-order valence-electron chi connectivity index (χ3n) is 7.39. The number of benzene rings is 1. The number of carbonyl (C=O) groups is 2. The van der Waals surface area contributed by atoms with Crippen LogP contribution in [0.5, 0.6) is 0 Å². The molecule has 1 aromatic carbocycles. The Balaban J connectivity index is 1.43. The van der Waals surface area contributed by atoms with E-state index in [4.69, 9.17) is 0 Å². The number of carbonyl (C=O) groups excluding carboxylic acids is 2. The van der Waals surface area contributed by atoms with Crippen LogP contribution in [-0.4, -0.2) is 36.0 Å². The number of para-hydroxylation sites is 1. The average molecular weight is 453 g/mol. The fraction of sp³-hybridized carbons (Fsp3) is 0.520. The van der Waals surface area contributed by atoms with Gasteiger partial charge < -0.3 is 20.9 Å². The summed E-state index contributed by atoms with van der Waals surface area (Å²) in [5.74, 6) is 0.411. The van der Waals surface area contributed by atoms with Crippen molar-refractivity contribution in [2.45, 2.75) is 57.2 Å². The first kappa shape index (κ1) is 21.3. The molecule has 0 radical (unpaired) electrons. The third-order valence-corrected chi connectivity index (χ3v) is 8.09. The van der Waals surface area contributed by atoms with Gasteiger partial charge >= 0.3 is 6.03 Å². The van der Waals surface area contributed by atoms with Gasteiger partial charge in [0.2, 0.25) is 5.91 Å². The molecule has 3 heterocycles. The highest BCUT2D eigenvalue weighted by molar-refractivity contribution is 7.08. The zero-order valence-corrected chi connectivity index (χ0v) is 19.4. The van der Waals surface area contributed by atoms with Crippen molar-refractivity contribution >= 4 is 29.0 Å². The predicted molar refractivity (Wildman–Crippen MR) is 128 cm³/mol. The van der Waals surface area contributed by atoms with Crippen LogP contribution in [0.25, 0.3) is 0 Å². The van der Waals surface area contributed by atoms with E-state index in [1.807, 2.05) is 6.92 Å². The second kappa shape index (κ2) is 9.14. The van der Waals surface area contributed by atoms with Crippen LogP contribution in [-0.2, 0) is 4.79 Å². The number of urea groups is 1. The first-order chi connectivity index (χ1) is 15.7. The van der Waals surface area contributed by atoms with Crippen LogP contribution in [0.4, 0.5) is 10.5 Å². The number of thiophene rings is 1. The lowest BCUT2D eigenvalue weighted by Crippen LogP contribution is -2.52. The standard InChI is InChI=1S/C25H32N4O2S/c1-2-26-25(31)28-21-10-6-4-8-18(21)24(30)29-13-11-19-22(16-12-14-32-15-16)27-20-9-5-3-7-17(20)23(19)29/h3,5,7,9,12,14-15,18-19,21-23,27H,2,4,6,8,10-11,13H2,1H3,(H2,26,28,31)/t18-,19+,21+,22-,23-/m0/s1. The minimum Gasteiger partial charge on any atom is -0.378 e. The highest BCUT2D eigenvalue weighted by atomic mass is 32.1. The Kier molecular flexibility index (Phi) is 6.09. The summed E-state index contributed by atoms with van der Waals surface area (Å²) in [7, 11) is 0. The summed E-state index contributed by atoms with van der Waals surface area (Å²) < 4.78 is 0. The first-order valence-corrected chi connectivity index (χ1v) is 12.8. The maximum Gasteiger partial charge on any atom is 0.315 e. The number of hydrogen-bond donors (Lipinski definition) is 3. The molecular formula is C25H32N4O2S. The van der Waals surface area contributed by atoms with E-state index in [1.165, 1.54) is 11.1 Å². The van der Waals surface area contributed by atoms with Gasteiger partial charge in [-0.3, -0.25) is 4.79 Å². The van der Waals surface area contributed by atoms with Crippen molar-refractivity contribution < 1.29 is 9.59 Å². The molecule has 0 spiro atoms. The van der Waals surface area contributed by atoms with Gasteiger partial charge in [-0.15, -0.1) is 0 Å². The molecular weight excluding hydrogens is 420 g/mol. The zero-order chi connectivity index (χ0) is 22.1. The number of anilines is 1. The van der Waals surface area contributed by atoms with E-state index in [-0.39, 0.29) is 36.0 Å². The molecule has 3 N–H and O–H groups in total. The van der Waals surface area contributed by atoms with E-state index in [2.05, 4.69) is 61.9 Å². The molecule has 2 aromatic rings. The molecule has 1 saturated carbocycles. The summed E-state index contributed by atoms with van der Waals surface area (Å²) in [6, 6.07) is 10.7. The number of fused-ring (bicyclic) bond motifs is 3. The zero-order valence-electron chi connectivity index (χ0n) is 18.5. The van der Waals surface area contributed by atoms with Gasteiger partial charge in [0.25, 0.3) is 0 Å². The summed E-state index contributed by atoms with van der Waals surface area (Å²) in [5.41, 5.74) is 3.66. The van der Waals surface area contributed by atoms with Crippen molar-refractivity contribution in [3.8, 4) is 0 Å². The maximum atomic E-state index is 13.9. The lowest BCUT2D eigenvalue weighted by atomic mass is 9.79. The van der Waals surface area contributed by atoms with Crippen LogP contribution in [0.15, 0.2) is 41.1 Å². The number of nitrogens with zero attached hydrogens (tertiary/aromatic N) is 1. The SMILES string of the molecule is CCNC(=O)N[C@@H]1CCCC[C@@H]1C(=O)N1CC[C@@H]2[C@H](c3ccsc3)Nc3ccccc3[C@@H]21. The highest BCUT2D eigenvalue weighted by Crippen LogP contribution is 2.52. The van der Waals surface area contributed by atoms with E-state index >= 15 is 0 Å². The Morgan fingerprint density at radius 2 is 2.00 bits per heavy atom. The van der Waals surface area contributed by atoms with E-state index in [1.54, 1.807) is 11.3 Å². The van der Waals surface area contributed by atoms with Crippen molar-refractivity contribution in [3.63, 3.8) is 0 Å². The molecule has 0 unspecified atom stereocenters. The monoisotopic (exact) mass is 452 g/mol. The Hall–Kier alpha value is -2.54. The maximum absolute atomic E-state index is 13.9. The van der Waals surface area contributed by atoms with Crippen molar-refractivity contribution in [1.82, 2.24) is 15.5 Å². The van der Waals surface area contributed by atoms with Crippen LogP contribution < -0.4 is 16.0 Å². The van der Waals surface area contributed by atoms with Crippen LogP contribution in [0.2, 0.25) is 0 Å². The highest BCUT2D eigenvalue weighted by Gasteiger charge is 2.48. The largest absolute Gasteiger partial charge is 0.378 e. The van der Waals surface area contributed by atoms with Crippen LogP contribution >= 0.6 is 11.3 Å². The Morgan fingerprint density at radius 3 is 2.81 bits per heavy atom. The van der Waals surface area contributed by atoms with E-state index in [0.29, 0.717) is 12.5 Å². The molecule has 3 aliphatic rings. The second-order valence-corrected chi connectivity index (χ2v) is 9.98. The molecule has 3 amide bonds. The number of amides is 3. The van der Waals surface area contributed by atoms with E-state index < -0.39 is 0 Å². The summed E-state index contributed by atoms with van der Waals surface area (Å²) in [6.45, 7) is 3.27. The van der Waals surface area contributed by atoms with Gasteiger partial charge in [-0.2, -0.15) is 11.3 Å². The van der Waals surface area contributed by atoms with Crippen LogP contribution in [0.1, 0.15) is 62.2 Å². The van der Waals surface area contributed by atoms with Gasteiger partial charge in [0.05, 0.1) is 18.0 Å². The molecule has 1 saturated heterocycles. The summed E-state index contributed by atoms with van der Waals surface area (Å²) >= 11 is 1.72. The molecule has 6 nitrogen and oxygen atoms in total. The van der Waals surface area contributed by atoms with Crippen molar-refractivity contribution in [3.05, 3.63) is 52.2 Å². The van der Waals surface area contributed by atoms with Gasteiger partial charge in [0.15, 0.2) is 0 Å². The summed E-state index contributed by atoms with van der Waals surface area (Å²) in [6.07, 6.45) is 4.80. The average Bonchev–Trinajstić information content (AvgIpc) is 3.49. The van der Waals surface area contributed by atoms with Gasteiger partial charge in [-0.05, 0) is 60.2 Å². The molecule has 2 fully saturated rings. The quantitative estimate of drug-likeness (QED) is 0.631. The number of nitrogens with one attached hydrogen (secondary N) is 3. The molecule has 170 valence electrons. The molecule has 32 heavy (non-hydrogen) atoms. The van der Waals surface area contributed by atoms with Crippen molar-refractivity contribution in [2.75, 3.05) is 18.4 Å². The van der Waals surface area contributed by atoms with Gasteiger partial charge in [-0.1, -0.05) is 31.0 Å². The molecule has 7 heteroatoms. The number of hydrogen-bond acceptors (Lipinski definition) is 4. The van der Waals surface area contributed by atoms with Crippen molar-refractivity contribution in [1.29, 1.82) is 0 Å². The minimum atomic E-state index is -0.166.